The summed E-state index contributed by atoms with van der Waals surface area (Å²) < 4.78 is 19.9. The molecule has 1 aliphatic heterocycles. The first-order valence-corrected chi connectivity index (χ1v) is 10.1. The second-order valence-corrected chi connectivity index (χ2v) is 7.85. The van der Waals surface area contributed by atoms with Crippen molar-refractivity contribution in [3.63, 3.8) is 0 Å². The highest BCUT2D eigenvalue weighted by Gasteiger charge is 2.37. The molecule has 1 amide bonds. The lowest BCUT2D eigenvalue weighted by Crippen LogP contribution is -2.39. The van der Waals surface area contributed by atoms with Crippen molar-refractivity contribution in [2.75, 3.05) is 19.0 Å². The van der Waals surface area contributed by atoms with Crippen molar-refractivity contribution in [3.8, 4) is 5.75 Å². The van der Waals surface area contributed by atoms with E-state index >= 15 is 0 Å². The number of aromatic nitrogens is 2. The third-order valence-corrected chi connectivity index (χ3v) is 5.75. The first-order valence-electron chi connectivity index (χ1n) is 9.77. The number of methoxy groups -OCH3 is 1. The number of carbonyl (C=O) groups excluding carboxylic acids is 1. The Morgan fingerprint density at radius 2 is 2.22 bits per heavy atom. The molecule has 1 saturated heterocycles. The number of nitrogens with two attached hydrogens (primary N) is 1. The van der Waals surface area contributed by atoms with Gasteiger partial charge in [0.05, 0.1) is 29.4 Å². The molecule has 4 N–H and O–H groups in total. The molecular weight excluding hydrogens is 441 g/mol. The van der Waals surface area contributed by atoms with E-state index in [9.17, 15) is 9.18 Å². The first kappa shape index (κ1) is 22.2. The smallest absolute Gasteiger partial charge is 0.234 e. The number of fused-ring (bicyclic) bond motifs is 1. The first-order chi connectivity index (χ1) is 15.4. The lowest BCUT2D eigenvalue weighted by atomic mass is 10.1. The Labute approximate surface area is 187 Å². The number of rotatable bonds is 7. The fraction of sp³-hybridized carbons (Fsp3) is 0.286. The highest BCUT2D eigenvalue weighted by atomic mass is 35.5. The van der Waals surface area contributed by atoms with E-state index < -0.39 is 23.9 Å². The van der Waals surface area contributed by atoms with Crippen molar-refractivity contribution in [2.45, 2.75) is 25.1 Å². The van der Waals surface area contributed by atoms with E-state index in [0.29, 0.717) is 35.6 Å². The van der Waals surface area contributed by atoms with E-state index in [-0.39, 0.29) is 17.1 Å². The number of anilines is 2. The Balaban J connectivity index is 1.72. The normalized spacial score (nSPS) is 18.8. The maximum Gasteiger partial charge on any atom is 0.234 e. The molecule has 1 aromatic heterocycles. The molecule has 1 aliphatic rings. The number of primary amides is 1. The number of ether oxygens (including phenoxy) is 1. The van der Waals surface area contributed by atoms with E-state index in [4.69, 9.17) is 27.3 Å². The van der Waals surface area contributed by atoms with Crippen molar-refractivity contribution in [2.24, 2.45) is 5.73 Å². The molecular formula is C21H21ClFN5O4. The van der Waals surface area contributed by atoms with Crippen LogP contribution in [0.2, 0.25) is 5.02 Å². The van der Waals surface area contributed by atoms with Gasteiger partial charge in [0.25, 0.3) is 0 Å². The summed E-state index contributed by atoms with van der Waals surface area (Å²) in [5, 5.41) is 12.6. The maximum atomic E-state index is 14.4. The second kappa shape index (κ2) is 9.21. The fourth-order valence-electron chi connectivity index (χ4n) is 3.90. The molecule has 9 nitrogen and oxygen atoms in total. The predicted molar refractivity (Wildman–Crippen MR) is 116 cm³/mol. The number of benzene rings is 2. The molecule has 0 radical (unpaired) electrons. The van der Waals surface area contributed by atoms with Crippen molar-refractivity contribution >= 4 is 39.9 Å². The molecule has 0 unspecified atom stereocenters. The summed E-state index contributed by atoms with van der Waals surface area (Å²) >= 11 is 5.89. The minimum absolute atomic E-state index is 0.0112. The molecule has 168 valence electrons. The molecule has 0 bridgehead atoms. The Morgan fingerprint density at radius 3 is 2.94 bits per heavy atom. The zero-order chi connectivity index (χ0) is 22.8. The largest absolute Gasteiger partial charge is 0.496 e. The summed E-state index contributed by atoms with van der Waals surface area (Å²) in [7, 11) is 1.53. The highest BCUT2D eigenvalue weighted by molar-refractivity contribution is 6.31. The van der Waals surface area contributed by atoms with Crippen LogP contribution < -0.4 is 15.8 Å². The van der Waals surface area contributed by atoms with Gasteiger partial charge in [-0.1, -0.05) is 17.7 Å². The van der Waals surface area contributed by atoms with E-state index in [1.54, 1.807) is 23.1 Å². The number of nitrogens with one attached hydrogen (secondary N) is 1. The van der Waals surface area contributed by atoms with Crippen LogP contribution in [-0.2, 0) is 16.2 Å². The quantitative estimate of drug-likeness (QED) is 0.362. The molecule has 2 heterocycles. The molecule has 32 heavy (non-hydrogen) atoms. The van der Waals surface area contributed by atoms with Gasteiger partial charge in [-0.25, -0.2) is 19.2 Å². The van der Waals surface area contributed by atoms with Crippen LogP contribution in [0, 0.1) is 5.82 Å². The van der Waals surface area contributed by atoms with Crippen LogP contribution in [0.25, 0.3) is 10.9 Å². The number of amides is 1. The Hall–Kier alpha value is -3.05. The minimum Gasteiger partial charge on any atom is -0.496 e. The van der Waals surface area contributed by atoms with Gasteiger partial charge in [0.1, 0.15) is 24.0 Å². The highest BCUT2D eigenvalue weighted by Crippen LogP contribution is 2.33. The molecule has 0 aliphatic carbocycles. The summed E-state index contributed by atoms with van der Waals surface area (Å²) in [5.41, 5.74) is 7.01. The number of halogens is 2. The van der Waals surface area contributed by atoms with Crippen LogP contribution in [0.4, 0.5) is 15.9 Å². The zero-order valence-corrected chi connectivity index (χ0v) is 17.8. The maximum absolute atomic E-state index is 14.4. The fourth-order valence-corrected chi connectivity index (χ4v) is 4.07. The monoisotopic (exact) mass is 461 g/mol. The van der Waals surface area contributed by atoms with Gasteiger partial charge in [-0.3, -0.25) is 15.0 Å². The molecule has 2 atom stereocenters. The van der Waals surface area contributed by atoms with Gasteiger partial charge in [0.2, 0.25) is 5.91 Å². The van der Waals surface area contributed by atoms with Crippen LogP contribution in [0.15, 0.2) is 36.7 Å². The van der Waals surface area contributed by atoms with Crippen molar-refractivity contribution in [1.82, 2.24) is 14.9 Å². The zero-order valence-electron chi connectivity index (χ0n) is 17.1. The Bertz CT molecular complexity index is 1160. The van der Waals surface area contributed by atoms with Gasteiger partial charge < -0.3 is 15.8 Å². The van der Waals surface area contributed by atoms with E-state index in [1.807, 2.05) is 6.07 Å². The molecule has 3 aromatic rings. The molecule has 1 fully saturated rings. The summed E-state index contributed by atoms with van der Waals surface area (Å²) in [6, 6.07) is 7.58. The average molecular weight is 462 g/mol. The van der Waals surface area contributed by atoms with Crippen molar-refractivity contribution in [3.05, 3.63) is 53.1 Å². The SMILES string of the molecule is COc1cc2ncnc(Nc3cccc(Cl)c3F)c2cc1CN1C[C@H](OO)C[C@@H]1C(N)=O. The standard InChI is InChI=1S/C21H21ClFN5O4/c1-31-18-7-16-13(5-11(18)8-28-9-12(32-30)6-17(28)20(24)29)21(26-10-25-16)27-15-4-2-3-14(22)19(15)23/h2-5,7,10,12,17,30H,6,8-9H2,1H3,(H2,24,29)(H,25,26,27)/t12-,17-/m1/s1. The number of likely N-dealkylation sites (tertiary alicyclic amines) is 1. The molecule has 11 heteroatoms. The third-order valence-electron chi connectivity index (χ3n) is 5.46. The molecule has 4 rings (SSSR count). The van der Waals surface area contributed by atoms with Gasteiger partial charge in [0, 0.05) is 36.5 Å². The number of hydrogen-bond donors (Lipinski definition) is 3. The molecule has 0 saturated carbocycles. The molecule has 0 spiro atoms. The summed E-state index contributed by atoms with van der Waals surface area (Å²) in [6.07, 6.45) is 1.12. The van der Waals surface area contributed by atoms with Gasteiger partial charge in [0.15, 0.2) is 5.82 Å². The van der Waals surface area contributed by atoms with Crippen molar-refractivity contribution < 1.29 is 24.1 Å². The Morgan fingerprint density at radius 1 is 1.41 bits per heavy atom. The lowest BCUT2D eigenvalue weighted by molar-refractivity contribution is -0.274. The van der Waals surface area contributed by atoms with Gasteiger partial charge in [-0.2, -0.15) is 0 Å². The van der Waals surface area contributed by atoms with E-state index in [0.717, 1.165) is 5.56 Å². The average Bonchev–Trinajstić information content (AvgIpc) is 3.20. The predicted octanol–water partition coefficient (Wildman–Crippen LogP) is 3.09. The lowest BCUT2D eigenvalue weighted by Gasteiger charge is -2.23. The number of nitrogens with zero attached hydrogens (tertiary/aromatic N) is 3. The summed E-state index contributed by atoms with van der Waals surface area (Å²) in [4.78, 5) is 26.7. The van der Waals surface area contributed by atoms with Crippen LogP contribution in [-0.4, -0.2) is 51.8 Å². The van der Waals surface area contributed by atoms with E-state index in [1.165, 1.54) is 19.5 Å². The number of hydrogen-bond acceptors (Lipinski definition) is 8. The van der Waals surface area contributed by atoms with Gasteiger partial charge >= 0.3 is 0 Å². The summed E-state index contributed by atoms with van der Waals surface area (Å²) in [5.74, 6) is -0.172. The van der Waals surface area contributed by atoms with Crippen LogP contribution in [0.1, 0.15) is 12.0 Å². The van der Waals surface area contributed by atoms with Gasteiger partial charge in [-0.15, -0.1) is 0 Å². The van der Waals surface area contributed by atoms with Crippen molar-refractivity contribution in [1.29, 1.82) is 0 Å². The van der Waals surface area contributed by atoms with Crippen LogP contribution >= 0.6 is 11.6 Å². The minimum atomic E-state index is -0.599. The van der Waals surface area contributed by atoms with E-state index in [2.05, 4.69) is 20.2 Å². The van der Waals surface area contributed by atoms with Gasteiger partial charge in [-0.05, 0) is 18.2 Å². The summed E-state index contributed by atoms with van der Waals surface area (Å²) in [6.45, 7) is 0.613. The van der Waals surface area contributed by atoms with Crippen LogP contribution in [0.3, 0.4) is 0 Å². The topological polar surface area (TPSA) is 123 Å². The van der Waals surface area contributed by atoms with Crippen LogP contribution in [0.5, 0.6) is 5.75 Å². The molecule has 2 aromatic carbocycles. The second-order valence-electron chi connectivity index (χ2n) is 7.44. The third kappa shape index (κ3) is 4.30. The Kier molecular flexibility index (Phi) is 6.38. The number of carbonyl (C=O) groups is 1.